The number of guanidine groups is 1. The van der Waals surface area contributed by atoms with E-state index in [1.54, 1.807) is 0 Å². The largest absolute Gasteiger partial charge is 0.357 e. The zero-order valence-electron chi connectivity index (χ0n) is 15.8. The number of aryl methyl sites for hydroxylation is 2. The van der Waals surface area contributed by atoms with Gasteiger partial charge in [-0.25, -0.2) is 9.98 Å². The first-order valence-electron chi connectivity index (χ1n) is 9.17. The van der Waals surface area contributed by atoms with E-state index in [4.69, 9.17) is 9.98 Å². The summed E-state index contributed by atoms with van der Waals surface area (Å²) in [5, 5.41) is 6.72. The van der Waals surface area contributed by atoms with Crippen molar-refractivity contribution in [3.8, 4) is 0 Å². The first-order valence-corrected chi connectivity index (χ1v) is 9.17. The maximum absolute atomic E-state index is 4.72. The van der Waals surface area contributed by atoms with E-state index in [1.165, 1.54) is 16.7 Å². The summed E-state index contributed by atoms with van der Waals surface area (Å²) >= 11 is 0. The molecule has 0 aliphatic carbocycles. The van der Waals surface area contributed by atoms with Gasteiger partial charge in [0.05, 0.1) is 12.2 Å². The molecule has 0 unspecified atom stereocenters. The van der Waals surface area contributed by atoms with Gasteiger partial charge in [-0.3, -0.25) is 0 Å². The van der Waals surface area contributed by atoms with Crippen LogP contribution < -0.4 is 10.6 Å². The summed E-state index contributed by atoms with van der Waals surface area (Å²) in [6.45, 7) is 8.60. The van der Waals surface area contributed by atoms with Crippen LogP contribution >= 0.6 is 0 Å². The molecular weight excluding hydrogens is 322 g/mol. The summed E-state index contributed by atoms with van der Waals surface area (Å²) in [5.74, 6) is 0.843. The maximum atomic E-state index is 4.72. The molecule has 1 aromatic carbocycles. The van der Waals surface area contributed by atoms with Crippen molar-refractivity contribution < 1.29 is 0 Å². The fourth-order valence-electron chi connectivity index (χ4n) is 2.93. The lowest BCUT2D eigenvalue weighted by Crippen LogP contribution is -2.38. The van der Waals surface area contributed by atoms with E-state index in [2.05, 4.69) is 72.3 Å². The molecule has 0 radical (unpaired) electrons. The Morgan fingerprint density at radius 2 is 1.88 bits per heavy atom. The Labute approximate surface area is 155 Å². The maximum Gasteiger partial charge on any atom is 0.191 e. The lowest BCUT2D eigenvalue weighted by molar-refractivity contribution is 0.791. The van der Waals surface area contributed by atoms with E-state index in [1.807, 2.05) is 12.3 Å². The van der Waals surface area contributed by atoms with Gasteiger partial charge in [-0.2, -0.15) is 0 Å². The van der Waals surface area contributed by atoms with Crippen LogP contribution in [0, 0.1) is 13.8 Å². The van der Waals surface area contributed by atoms with Crippen LogP contribution in [0.4, 0.5) is 0 Å². The molecule has 2 N–H and O–H groups in total. The summed E-state index contributed by atoms with van der Waals surface area (Å²) in [5.41, 5.74) is 5.83. The number of hydrogen-bond acceptors (Lipinski definition) is 2. The second kappa shape index (κ2) is 8.52. The normalized spacial score (nSPS) is 11.7. The second-order valence-electron chi connectivity index (χ2n) is 6.45. The van der Waals surface area contributed by atoms with Gasteiger partial charge in [-0.15, -0.1) is 0 Å². The zero-order valence-corrected chi connectivity index (χ0v) is 15.8. The molecule has 0 amide bonds. The van der Waals surface area contributed by atoms with Crippen molar-refractivity contribution in [2.45, 2.75) is 33.7 Å². The predicted molar refractivity (Wildman–Crippen MR) is 108 cm³/mol. The van der Waals surface area contributed by atoms with Gasteiger partial charge >= 0.3 is 0 Å². The number of nitrogens with one attached hydrogen (secondary N) is 2. The molecule has 136 valence electrons. The SMILES string of the molecule is CCNC(=NCc1ccccc1C)NCCc1cn2cccc(C)c2n1. The fraction of sp³-hybridized carbons (Fsp3) is 0.333. The van der Waals surface area contributed by atoms with Gasteiger partial charge in [-0.05, 0) is 43.5 Å². The Balaban J connectivity index is 1.60. The molecule has 2 heterocycles. The smallest absolute Gasteiger partial charge is 0.191 e. The summed E-state index contributed by atoms with van der Waals surface area (Å²) in [4.78, 5) is 9.42. The standard InChI is InChI=1S/C21H27N5/c1-4-22-21(24-14-18-10-6-5-8-16(18)2)23-12-11-19-15-26-13-7-9-17(3)20(26)25-19/h5-10,13,15H,4,11-12,14H2,1-3H3,(H2,22,23,24). The summed E-state index contributed by atoms with van der Waals surface area (Å²) in [7, 11) is 0. The molecule has 0 aliphatic heterocycles. The molecule has 3 rings (SSSR count). The molecule has 0 saturated carbocycles. The van der Waals surface area contributed by atoms with Crippen LogP contribution in [0.25, 0.3) is 5.65 Å². The molecule has 2 aromatic heterocycles. The number of aromatic nitrogens is 2. The minimum atomic E-state index is 0.676. The van der Waals surface area contributed by atoms with Crippen LogP contribution in [-0.2, 0) is 13.0 Å². The van der Waals surface area contributed by atoms with Crippen LogP contribution in [0.3, 0.4) is 0 Å². The molecule has 0 spiro atoms. The Hall–Kier alpha value is -2.82. The van der Waals surface area contributed by atoms with Crippen molar-refractivity contribution in [2.24, 2.45) is 4.99 Å². The number of benzene rings is 1. The fourth-order valence-corrected chi connectivity index (χ4v) is 2.93. The molecule has 26 heavy (non-hydrogen) atoms. The van der Waals surface area contributed by atoms with Gasteiger partial charge in [0.15, 0.2) is 5.96 Å². The zero-order chi connectivity index (χ0) is 18.4. The van der Waals surface area contributed by atoms with Crippen LogP contribution in [-0.4, -0.2) is 28.4 Å². The number of hydrogen-bond donors (Lipinski definition) is 2. The van der Waals surface area contributed by atoms with Crippen molar-refractivity contribution >= 4 is 11.6 Å². The first-order chi connectivity index (χ1) is 12.7. The number of rotatable bonds is 6. The number of fused-ring (bicyclic) bond motifs is 1. The first kappa shape index (κ1) is 18.0. The van der Waals surface area contributed by atoms with Gasteiger partial charge in [-0.1, -0.05) is 30.3 Å². The Morgan fingerprint density at radius 3 is 2.65 bits per heavy atom. The van der Waals surface area contributed by atoms with E-state index in [0.29, 0.717) is 6.54 Å². The van der Waals surface area contributed by atoms with Gasteiger partial charge in [0, 0.05) is 31.9 Å². The molecule has 3 aromatic rings. The third-order valence-corrected chi connectivity index (χ3v) is 4.41. The quantitative estimate of drug-likeness (QED) is 0.531. The lowest BCUT2D eigenvalue weighted by atomic mass is 10.1. The van der Waals surface area contributed by atoms with Gasteiger partial charge in [0.25, 0.3) is 0 Å². The number of aliphatic imine (C=N–C) groups is 1. The van der Waals surface area contributed by atoms with Crippen molar-refractivity contribution in [3.63, 3.8) is 0 Å². The van der Waals surface area contributed by atoms with Crippen molar-refractivity contribution in [2.75, 3.05) is 13.1 Å². The van der Waals surface area contributed by atoms with E-state index >= 15 is 0 Å². The Kier molecular flexibility index (Phi) is 5.89. The minimum absolute atomic E-state index is 0.676. The van der Waals surface area contributed by atoms with E-state index in [0.717, 1.165) is 36.8 Å². The van der Waals surface area contributed by atoms with Crippen LogP contribution in [0.5, 0.6) is 0 Å². The van der Waals surface area contributed by atoms with Crippen molar-refractivity contribution in [3.05, 3.63) is 71.2 Å². The van der Waals surface area contributed by atoms with E-state index in [9.17, 15) is 0 Å². The highest BCUT2D eigenvalue weighted by atomic mass is 15.2. The monoisotopic (exact) mass is 349 g/mol. The molecule has 0 aliphatic rings. The topological polar surface area (TPSA) is 53.7 Å². The van der Waals surface area contributed by atoms with Crippen LogP contribution in [0.1, 0.15) is 29.3 Å². The summed E-state index contributed by atoms with van der Waals surface area (Å²) < 4.78 is 2.09. The minimum Gasteiger partial charge on any atom is -0.357 e. The second-order valence-corrected chi connectivity index (χ2v) is 6.45. The number of nitrogens with zero attached hydrogens (tertiary/aromatic N) is 3. The molecule has 5 heteroatoms. The van der Waals surface area contributed by atoms with Crippen molar-refractivity contribution in [1.82, 2.24) is 20.0 Å². The Bertz CT molecular complexity index is 894. The number of pyridine rings is 1. The molecular formula is C21H27N5. The van der Waals surface area contributed by atoms with Crippen molar-refractivity contribution in [1.29, 1.82) is 0 Å². The molecule has 0 fully saturated rings. The highest BCUT2D eigenvalue weighted by Gasteiger charge is 2.04. The van der Waals surface area contributed by atoms with Gasteiger partial charge in [0.1, 0.15) is 5.65 Å². The molecule has 0 bridgehead atoms. The highest BCUT2D eigenvalue weighted by molar-refractivity contribution is 5.79. The summed E-state index contributed by atoms with van der Waals surface area (Å²) in [6.07, 6.45) is 5.00. The average molecular weight is 349 g/mol. The van der Waals surface area contributed by atoms with Gasteiger partial charge in [0.2, 0.25) is 0 Å². The van der Waals surface area contributed by atoms with Crippen LogP contribution in [0.2, 0.25) is 0 Å². The molecule has 0 saturated heterocycles. The van der Waals surface area contributed by atoms with Gasteiger partial charge < -0.3 is 15.0 Å². The van der Waals surface area contributed by atoms with Crippen LogP contribution in [0.15, 0.2) is 53.8 Å². The highest BCUT2D eigenvalue weighted by Crippen LogP contribution is 2.10. The Morgan fingerprint density at radius 1 is 1.08 bits per heavy atom. The lowest BCUT2D eigenvalue weighted by Gasteiger charge is -2.11. The van der Waals surface area contributed by atoms with E-state index in [-0.39, 0.29) is 0 Å². The third-order valence-electron chi connectivity index (χ3n) is 4.41. The predicted octanol–water partition coefficient (Wildman–Crippen LogP) is 3.25. The molecule has 0 atom stereocenters. The third kappa shape index (κ3) is 4.42. The van der Waals surface area contributed by atoms with E-state index < -0.39 is 0 Å². The summed E-state index contributed by atoms with van der Waals surface area (Å²) in [6, 6.07) is 12.5. The number of imidazole rings is 1. The molecule has 5 nitrogen and oxygen atoms in total. The average Bonchev–Trinajstić information content (AvgIpc) is 3.05.